The molecule has 0 spiro atoms. The normalized spacial score (nSPS) is 12.1. The molecule has 0 fully saturated rings. The van der Waals surface area contributed by atoms with Crippen molar-refractivity contribution in [2.75, 3.05) is 0 Å². The molecule has 2 heterocycles. The number of rotatable bonds is 1. The lowest BCUT2D eigenvalue weighted by Crippen LogP contribution is -1.84. The highest BCUT2D eigenvalue weighted by Gasteiger charge is 2.14. The minimum atomic E-state index is 0.999. The van der Waals surface area contributed by atoms with Gasteiger partial charge in [-0.2, -0.15) is 8.75 Å². The van der Waals surface area contributed by atoms with Crippen LogP contribution in [0, 0.1) is 13.8 Å². The SMILES string of the molecule is Cc1ccc2c(ccc3c4ccc5cc(-c6ccc(C)c7nsnc67)ccc5c4sc23)c1. The van der Waals surface area contributed by atoms with E-state index >= 15 is 0 Å². The van der Waals surface area contributed by atoms with Crippen LogP contribution in [-0.2, 0) is 0 Å². The molecule has 2 aromatic heterocycles. The predicted molar refractivity (Wildman–Crippen MR) is 140 cm³/mol. The molecule has 0 aliphatic heterocycles. The Kier molecular flexibility index (Phi) is 3.75. The Morgan fingerprint density at radius 3 is 2.03 bits per heavy atom. The van der Waals surface area contributed by atoms with Gasteiger partial charge < -0.3 is 0 Å². The molecular formula is C28H18N2S2. The Hall–Kier alpha value is -3.34. The smallest absolute Gasteiger partial charge is 0.112 e. The van der Waals surface area contributed by atoms with Gasteiger partial charge in [0.05, 0.1) is 11.7 Å². The second kappa shape index (κ2) is 6.58. The largest absolute Gasteiger partial charge is 0.173 e. The highest BCUT2D eigenvalue weighted by atomic mass is 32.1. The third-order valence-electron chi connectivity index (χ3n) is 6.52. The van der Waals surface area contributed by atoms with Crippen molar-refractivity contribution in [1.82, 2.24) is 8.75 Å². The molecule has 0 amide bonds. The average molecular weight is 447 g/mol. The zero-order chi connectivity index (χ0) is 21.4. The third kappa shape index (κ3) is 2.51. The maximum Gasteiger partial charge on any atom is 0.112 e. The first-order valence-electron chi connectivity index (χ1n) is 10.7. The van der Waals surface area contributed by atoms with Crippen LogP contribution < -0.4 is 0 Å². The fourth-order valence-corrected chi connectivity index (χ4v) is 6.85. The molecule has 2 nitrogen and oxygen atoms in total. The Balaban J connectivity index is 1.50. The molecule has 7 rings (SSSR count). The summed E-state index contributed by atoms with van der Waals surface area (Å²) in [7, 11) is 0. The third-order valence-corrected chi connectivity index (χ3v) is 8.34. The molecule has 32 heavy (non-hydrogen) atoms. The first-order valence-corrected chi connectivity index (χ1v) is 12.2. The van der Waals surface area contributed by atoms with Gasteiger partial charge in [-0.1, -0.05) is 72.3 Å². The number of aromatic nitrogens is 2. The second-order valence-electron chi connectivity index (χ2n) is 8.54. The van der Waals surface area contributed by atoms with Crippen LogP contribution in [0.2, 0.25) is 0 Å². The summed E-state index contributed by atoms with van der Waals surface area (Å²) >= 11 is 3.20. The average Bonchev–Trinajstić information content (AvgIpc) is 3.44. The van der Waals surface area contributed by atoms with Crippen molar-refractivity contribution in [3.8, 4) is 11.1 Å². The lowest BCUT2D eigenvalue weighted by Gasteiger charge is -2.07. The van der Waals surface area contributed by atoms with Gasteiger partial charge in [0.25, 0.3) is 0 Å². The Morgan fingerprint density at radius 1 is 0.594 bits per heavy atom. The fraction of sp³-hybridized carbons (Fsp3) is 0.0714. The van der Waals surface area contributed by atoms with Gasteiger partial charge in [0, 0.05) is 25.7 Å². The van der Waals surface area contributed by atoms with E-state index in [1.165, 1.54) is 70.1 Å². The van der Waals surface area contributed by atoms with Gasteiger partial charge in [0.15, 0.2) is 0 Å². The quantitative estimate of drug-likeness (QED) is 0.252. The standard InChI is InChI=1S/C28H18N2S2/c1-15-3-8-21-17(13-15)6-11-23-24-12-7-19-14-18(5-10-22(19)28(24)31-27(21)23)20-9-4-16(2)25-26(20)30-32-29-25/h3-14H,1-2H3. The van der Waals surface area contributed by atoms with Gasteiger partial charge in [0.2, 0.25) is 0 Å². The number of hydrogen-bond acceptors (Lipinski definition) is 4. The molecule has 0 aliphatic rings. The second-order valence-corrected chi connectivity index (χ2v) is 10.1. The monoisotopic (exact) mass is 446 g/mol. The minimum Gasteiger partial charge on any atom is -0.173 e. The van der Waals surface area contributed by atoms with Crippen molar-refractivity contribution in [3.63, 3.8) is 0 Å². The van der Waals surface area contributed by atoms with Crippen LogP contribution in [-0.4, -0.2) is 8.75 Å². The highest BCUT2D eigenvalue weighted by molar-refractivity contribution is 7.27. The van der Waals surface area contributed by atoms with Crippen molar-refractivity contribution in [1.29, 1.82) is 0 Å². The summed E-state index contributed by atoms with van der Waals surface area (Å²) in [6.45, 7) is 4.25. The zero-order valence-electron chi connectivity index (χ0n) is 17.6. The first kappa shape index (κ1) is 18.3. The van der Waals surface area contributed by atoms with E-state index in [0.717, 1.165) is 16.6 Å². The molecule has 0 saturated heterocycles. The molecule has 152 valence electrons. The number of aryl methyl sites for hydroxylation is 2. The lowest BCUT2D eigenvalue weighted by atomic mass is 9.97. The van der Waals surface area contributed by atoms with Crippen LogP contribution in [0.25, 0.3) is 63.9 Å². The number of fused-ring (bicyclic) bond motifs is 8. The van der Waals surface area contributed by atoms with E-state index in [-0.39, 0.29) is 0 Å². The van der Waals surface area contributed by atoms with Crippen LogP contribution in [0.15, 0.2) is 72.8 Å². The summed E-state index contributed by atoms with van der Waals surface area (Å²) in [5.74, 6) is 0. The van der Waals surface area contributed by atoms with E-state index in [0.29, 0.717) is 0 Å². The molecule has 0 atom stereocenters. The van der Waals surface area contributed by atoms with Crippen molar-refractivity contribution in [3.05, 3.63) is 83.9 Å². The Labute approximate surface area is 193 Å². The summed E-state index contributed by atoms with van der Waals surface area (Å²) in [4.78, 5) is 0. The van der Waals surface area contributed by atoms with E-state index in [1.54, 1.807) is 0 Å². The van der Waals surface area contributed by atoms with Crippen LogP contribution in [0.3, 0.4) is 0 Å². The summed E-state index contributed by atoms with van der Waals surface area (Å²) in [6, 6.07) is 27.0. The number of hydrogen-bond donors (Lipinski definition) is 0. The predicted octanol–water partition coefficient (Wildman–Crippen LogP) is 8.65. The number of nitrogens with zero attached hydrogens (tertiary/aromatic N) is 2. The zero-order valence-corrected chi connectivity index (χ0v) is 19.3. The molecule has 4 heteroatoms. The maximum atomic E-state index is 4.58. The number of benzene rings is 5. The summed E-state index contributed by atoms with van der Waals surface area (Å²) in [5.41, 5.74) is 6.83. The van der Waals surface area contributed by atoms with Crippen LogP contribution in [0.4, 0.5) is 0 Å². The molecule has 0 N–H and O–H groups in total. The summed E-state index contributed by atoms with van der Waals surface area (Å²) < 4.78 is 11.8. The van der Waals surface area contributed by atoms with E-state index in [1.807, 2.05) is 11.3 Å². The molecule has 0 unspecified atom stereocenters. The summed E-state index contributed by atoms with van der Waals surface area (Å²) in [5, 5.41) is 7.93. The molecule has 5 aromatic carbocycles. The van der Waals surface area contributed by atoms with Gasteiger partial charge in [-0.05, 0) is 52.6 Å². The maximum absolute atomic E-state index is 4.58. The van der Waals surface area contributed by atoms with Gasteiger partial charge in [0.1, 0.15) is 11.0 Å². The molecule has 0 saturated carbocycles. The van der Waals surface area contributed by atoms with Crippen molar-refractivity contribution >= 4 is 75.8 Å². The molecular weight excluding hydrogens is 428 g/mol. The molecule has 0 aliphatic carbocycles. The van der Waals surface area contributed by atoms with E-state index in [9.17, 15) is 0 Å². The van der Waals surface area contributed by atoms with Crippen molar-refractivity contribution < 1.29 is 0 Å². The van der Waals surface area contributed by atoms with Gasteiger partial charge in [-0.25, -0.2) is 0 Å². The van der Waals surface area contributed by atoms with Gasteiger partial charge >= 0.3 is 0 Å². The van der Waals surface area contributed by atoms with Crippen molar-refractivity contribution in [2.24, 2.45) is 0 Å². The fourth-order valence-electron chi connectivity index (χ4n) is 4.86. The number of thiophene rings is 1. The van der Waals surface area contributed by atoms with Gasteiger partial charge in [-0.15, -0.1) is 11.3 Å². The summed E-state index contributed by atoms with van der Waals surface area (Å²) in [6.07, 6.45) is 0. The van der Waals surface area contributed by atoms with E-state index < -0.39 is 0 Å². The molecule has 0 bridgehead atoms. The Morgan fingerprint density at radius 2 is 1.25 bits per heavy atom. The van der Waals surface area contributed by atoms with E-state index in [4.69, 9.17) is 0 Å². The van der Waals surface area contributed by atoms with Crippen LogP contribution in [0.1, 0.15) is 11.1 Å². The topological polar surface area (TPSA) is 25.8 Å². The molecule has 0 radical (unpaired) electrons. The van der Waals surface area contributed by atoms with Gasteiger partial charge in [-0.3, -0.25) is 0 Å². The van der Waals surface area contributed by atoms with Crippen LogP contribution >= 0.6 is 23.1 Å². The lowest BCUT2D eigenvalue weighted by molar-refractivity contribution is 1.48. The Bertz CT molecular complexity index is 1860. The first-order chi connectivity index (χ1) is 15.7. The highest BCUT2D eigenvalue weighted by Crippen LogP contribution is 2.42. The molecule has 7 aromatic rings. The van der Waals surface area contributed by atoms with Crippen molar-refractivity contribution in [2.45, 2.75) is 13.8 Å². The minimum absolute atomic E-state index is 0.999. The van der Waals surface area contributed by atoms with E-state index in [2.05, 4.69) is 95.4 Å². The van der Waals surface area contributed by atoms with Crippen LogP contribution in [0.5, 0.6) is 0 Å².